The van der Waals surface area contributed by atoms with E-state index in [4.69, 9.17) is 0 Å². The molecule has 0 aliphatic heterocycles. The average Bonchev–Trinajstić information content (AvgIpc) is 2.73. The van der Waals surface area contributed by atoms with Gasteiger partial charge < -0.3 is 0 Å². The topological polar surface area (TPSA) is 49.4 Å². The molecule has 0 fully saturated rings. The Labute approximate surface area is 183 Å². The molecule has 0 amide bonds. The lowest BCUT2D eigenvalue weighted by molar-refractivity contribution is 0.218. The number of hydrogen-bond donors (Lipinski definition) is 1. The Hall–Kier alpha value is -1.95. The fraction of sp³-hybridized carbons (Fsp3) is 0.440. The summed E-state index contributed by atoms with van der Waals surface area (Å²) in [6.07, 6.45) is 8.26. The SMILES string of the molecule is C=CCC(CCCCCCNS(=O)(=O)c1ccc(C)cc1)N(C)Cc1ccccc1. The minimum atomic E-state index is -3.40. The molecule has 0 saturated carbocycles. The lowest BCUT2D eigenvalue weighted by Crippen LogP contribution is -2.30. The van der Waals surface area contributed by atoms with E-state index in [0.717, 1.165) is 50.6 Å². The monoisotopic (exact) mass is 428 g/mol. The number of nitrogens with one attached hydrogen (secondary N) is 1. The smallest absolute Gasteiger partial charge is 0.240 e. The van der Waals surface area contributed by atoms with Gasteiger partial charge in [-0.1, -0.05) is 73.4 Å². The van der Waals surface area contributed by atoms with Crippen molar-refractivity contribution in [3.63, 3.8) is 0 Å². The first-order chi connectivity index (χ1) is 14.4. The maximum atomic E-state index is 12.3. The van der Waals surface area contributed by atoms with E-state index in [1.54, 1.807) is 12.1 Å². The van der Waals surface area contributed by atoms with E-state index in [9.17, 15) is 8.42 Å². The maximum absolute atomic E-state index is 12.3. The Morgan fingerprint density at radius 3 is 2.33 bits per heavy atom. The molecule has 5 heteroatoms. The summed E-state index contributed by atoms with van der Waals surface area (Å²) >= 11 is 0. The van der Waals surface area contributed by atoms with Gasteiger partial charge in [0.1, 0.15) is 0 Å². The summed E-state index contributed by atoms with van der Waals surface area (Å²) in [4.78, 5) is 2.74. The van der Waals surface area contributed by atoms with Crippen LogP contribution in [-0.2, 0) is 16.6 Å². The molecule has 164 valence electrons. The second-order valence-electron chi connectivity index (χ2n) is 7.99. The van der Waals surface area contributed by atoms with Crippen LogP contribution in [0, 0.1) is 6.92 Å². The van der Waals surface area contributed by atoms with Crippen molar-refractivity contribution < 1.29 is 8.42 Å². The summed E-state index contributed by atoms with van der Waals surface area (Å²) in [5.74, 6) is 0. The molecule has 4 nitrogen and oxygen atoms in total. The highest BCUT2D eigenvalue weighted by Gasteiger charge is 2.14. The largest absolute Gasteiger partial charge is 0.299 e. The first-order valence-electron chi connectivity index (χ1n) is 10.8. The van der Waals surface area contributed by atoms with E-state index in [1.807, 2.05) is 31.2 Å². The van der Waals surface area contributed by atoms with Crippen LogP contribution in [0.1, 0.15) is 49.7 Å². The van der Waals surface area contributed by atoms with Gasteiger partial charge in [0.05, 0.1) is 4.90 Å². The Kier molecular flexibility index (Phi) is 10.3. The fourth-order valence-corrected chi connectivity index (χ4v) is 4.65. The highest BCUT2D eigenvalue weighted by atomic mass is 32.2. The van der Waals surface area contributed by atoms with Crippen molar-refractivity contribution in [3.05, 3.63) is 78.4 Å². The zero-order valence-electron chi connectivity index (χ0n) is 18.4. The summed E-state index contributed by atoms with van der Waals surface area (Å²) in [7, 11) is -1.22. The van der Waals surface area contributed by atoms with Gasteiger partial charge in [-0.25, -0.2) is 13.1 Å². The zero-order chi connectivity index (χ0) is 21.8. The highest BCUT2D eigenvalue weighted by Crippen LogP contribution is 2.16. The van der Waals surface area contributed by atoms with Gasteiger partial charge in [-0.15, -0.1) is 6.58 Å². The van der Waals surface area contributed by atoms with Crippen LogP contribution >= 0.6 is 0 Å². The normalized spacial score (nSPS) is 12.8. The minimum absolute atomic E-state index is 0.335. The molecule has 0 aliphatic carbocycles. The molecule has 0 radical (unpaired) electrons. The standard InChI is InChI=1S/C25H36N2O2S/c1-4-12-24(27(3)21-23-13-8-7-9-14-23)15-10-5-6-11-20-26-30(28,29)25-18-16-22(2)17-19-25/h4,7-9,13-14,16-19,24,26H,1,5-6,10-12,15,20-21H2,2-3H3. The molecule has 0 aromatic heterocycles. The van der Waals surface area contributed by atoms with E-state index in [1.165, 1.54) is 5.56 Å². The minimum Gasteiger partial charge on any atom is -0.299 e. The van der Waals surface area contributed by atoms with E-state index >= 15 is 0 Å². The van der Waals surface area contributed by atoms with Crippen molar-refractivity contribution in [2.75, 3.05) is 13.6 Å². The van der Waals surface area contributed by atoms with Gasteiger partial charge in [0.25, 0.3) is 0 Å². The molecule has 30 heavy (non-hydrogen) atoms. The second-order valence-corrected chi connectivity index (χ2v) is 9.76. The fourth-order valence-electron chi connectivity index (χ4n) is 3.58. The molecule has 1 atom stereocenters. The molecule has 0 bridgehead atoms. The van der Waals surface area contributed by atoms with Crippen LogP contribution in [0.5, 0.6) is 0 Å². The van der Waals surface area contributed by atoms with E-state index < -0.39 is 10.0 Å². The number of unbranched alkanes of at least 4 members (excludes halogenated alkanes) is 3. The van der Waals surface area contributed by atoms with Gasteiger partial charge in [0, 0.05) is 19.1 Å². The maximum Gasteiger partial charge on any atom is 0.240 e. The predicted molar refractivity (Wildman–Crippen MR) is 126 cm³/mol. The van der Waals surface area contributed by atoms with Crippen molar-refractivity contribution in [1.29, 1.82) is 0 Å². The third-order valence-electron chi connectivity index (χ3n) is 5.42. The summed E-state index contributed by atoms with van der Waals surface area (Å²) in [6, 6.07) is 18.0. The van der Waals surface area contributed by atoms with Gasteiger partial charge in [-0.2, -0.15) is 0 Å². The molecule has 1 N–H and O–H groups in total. The van der Waals surface area contributed by atoms with Crippen LogP contribution in [-0.4, -0.2) is 33.0 Å². The van der Waals surface area contributed by atoms with Crippen molar-refractivity contribution in [1.82, 2.24) is 9.62 Å². The predicted octanol–water partition coefficient (Wildman–Crippen LogP) is 5.30. The van der Waals surface area contributed by atoms with Gasteiger partial charge in [0.2, 0.25) is 10.0 Å². The van der Waals surface area contributed by atoms with Crippen LogP contribution < -0.4 is 4.72 Å². The highest BCUT2D eigenvalue weighted by molar-refractivity contribution is 7.89. The number of nitrogens with zero attached hydrogens (tertiary/aromatic N) is 1. The molecule has 1 unspecified atom stereocenters. The molecule has 2 aromatic rings. The van der Waals surface area contributed by atoms with Gasteiger partial charge >= 0.3 is 0 Å². The Morgan fingerprint density at radius 1 is 1.00 bits per heavy atom. The molecule has 0 spiro atoms. The van der Waals surface area contributed by atoms with Crippen LogP contribution in [0.2, 0.25) is 0 Å². The summed E-state index contributed by atoms with van der Waals surface area (Å²) < 4.78 is 27.3. The van der Waals surface area contributed by atoms with Crippen molar-refractivity contribution in [2.24, 2.45) is 0 Å². The van der Waals surface area contributed by atoms with Crippen molar-refractivity contribution in [2.45, 2.75) is 62.9 Å². The van der Waals surface area contributed by atoms with Crippen molar-refractivity contribution in [3.8, 4) is 0 Å². The molecule has 0 saturated heterocycles. The lowest BCUT2D eigenvalue weighted by Gasteiger charge is -2.27. The number of benzene rings is 2. The first kappa shape index (κ1) is 24.3. The third-order valence-corrected chi connectivity index (χ3v) is 6.90. The quantitative estimate of drug-likeness (QED) is 0.328. The van der Waals surface area contributed by atoms with E-state index in [0.29, 0.717) is 17.5 Å². The van der Waals surface area contributed by atoms with Crippen LogP contribution in [0.3, 0.4) is 0 Å². The van der Waals surface area contributed by atoms with Crippen molar-refractivity contribution >= 4 is 10.0 Å². The first-order valence-corrected chi connectivity index (χ1v) is 12.3. The molecular formula is C25H36N2O2S. The molecule has 2 aromatic carbocycles. The molecule has 0 aliphatic rings. The van der Waals surface area contributed by atoms with Crippen LogP contribution in [0.15, 0.2) is 72.1 Å². The number of hydrogen-bond acceptors (Lipinski definition) is 3. The van der Waals surface area contributed by atoms with E-state index in [2.05, 4.69) is 47.5 Å². The Morgan fingerprint density at radius 2 is 1.67 bits per heavy atom. The van der Waals surface area contributed by atoms with Gasteiger partial charge in [-0.3, -0.25) is 4.90 Å². The molecular weight excluding hydrogens is 392 g/mol. The third kappa shape index (κ3) is 8.42. The average molecular weight is 429 g/mol. The summed E-state index contributed by atoms with van der Waals surface area (Å²) in [5.41, 5.74) is 2.38. The lowest BCUT2D eigenvalue weighted by atomic mass is 10.0. The zero-order valence-corrected chi connectivity index (χ0v) is 19.2. The summed E-state index contributed by atoms with van der Waals surface area (Å²) in [6.45, 7) is 7.30. The number of sulfonamides is 1. The summed E-state index contributed by atoms with van der Waals surface area (Å²) in [5, 5.41) is 0. The number of rotatable bonds is 14. The van der Waals surface area contributed by atoms with Crippen LogP contribution in [0.25, 0.3) is 0 Å². The van der Waals surface area contributed by atoms with Gasteiger partial charge in [-0.05, 0) is 50.9 Å². The van der Waals surface area contributed by atoms with Crippen LogP contribution in [0.4, 0.5) is 0 Å². The molecule has 0 heterocycles. The Balaban J connectivity index is 1.66. The Bertz CT molecular complexity index is 848. The molecule has 2 rings (SSSR count). The van der Waals surface area contributed by atoms with E-state index in [-0.39, 0.29) is 0 Å². The second kappa shape index (κ2) is 12.7. The number of aryl methyl sites for hydroxylation is 1. The van der Waals surface area contributed by atoms with Gasteiger partial charge in [0.15, 0.2) is 0 Å².